The molecule has 27 heavy (non-hydrogen) atoms. The van der Waals surface area contributed by atoms with Crippen LogP contribution in [0.3, 0.4) is 0 Å². The second-order valence-corrected chi connectivity index (χ2v) is 9.32. The van der Waals surface area contributed by atoms with Crippen LogP contribution in [-0.4, -0.2) is 38.7 Å². The molecule has 0 saturated heterocycles. The van der Waals surface area contributed by atoms with Gasteiger partial charge < -0.3 is 14.0 Å². The molecule has 1 aromatic heterocycles. The summed E-state index contributed by atoms with van der Waals surface area (Å²) in [6.07, 6.45) is 2.25. The number of benzene rings is 1. The molecule has 1 aromatic carbocycles. The van der Waals surface area contributed by atoms with Crippen LogP contribution in [0, 0.1) is 5.82 Å². The number of ether oxygens (including phenoxy) is 2. The van der Waals surface area contributed by atoms with Crippen LogP contribution in [0.15, 0.2) is 47.6 Å². The molecule has 2 unspecified atom stereocenters. The van der Waals surface area contributed by atoms with Crippen molar-refractivity contribution in [2.24, 2.45) is 0 Å². The summed E-state index contributed by atoms with van der Waals surface area (Å²) in [6.45, 7) is 6.10. The van der Waals surface area contributed by atoms with Crippen LogP contribution in [0.4, 0.5) is 4.39 Å². The molecule has 8 heteroatoms. The fourth-order valence-corrected chi connectivity index (χ4v) is 4.28. The van der Waals surface area contributed by atoms with Gasteiger partial charge >= 0.3 is 0 Å². The molecule has 0 bridgehead atoms. The fourth-order valence-electron chi connectivity index (χ4n) is 2.76. The number of halogens is 1. The zero-order chi connectivity index (χ0) is 19.7. The third kappa shape index (κ3) is 4.90. The number of fused-ring (bicyclic) bond motifs is 1. The van der Waals surface area contributed by atoms with E-state index in [1.165, 1.54) is 34.9 Å². The van der Waals surface area contributed by atoms with E-state index in [1.807, 2.05) is 20.8 Å². The summed E-state index contributed by atoms with van der Waals surface area (Å²) in [6, 6.07) is 7.42. The molecule has 2 atom stereocenters. The Labute approximate surface area is 159 Å². The normalized spacial score (nSPS) is 23.4. The lowest BCUT2D eigenvalue weighted by atomic mass is 10.2. The molecule has 2 aromatic rings. The molecule has 1 aliphatic heterocycles. The van der Waals surface area contributed by atoms with Crippen LogP contribution >= 0.6 is 0 Å². The summed E-state index contributed by atoms with van der Waals surface area (Å²) in [5.41, 5.74) is 0.171. The zero-order valence-electron chi connectivity index (χ0n) is 15.6. The molecular formula is C19H23FN2O4S. The Kier molecular flexibility index (Phi) is 5.62. The minimum absolute atomic E-state index is 0.000313. The number of hydrogen-bond acceptors (Lipinski definition) is 5. The van der Waals surface area contributed by atoms with Gasteiger partial charge in [-0.25, -0.2) is 4.39 Å². The van der Waals surface area contributed by atoms with Crippen molar-refractivity contribution in [2.75, 3.05) is 13.2 Å². The monoisotopic (exact) mass is 394 g/mol. The van der Waals surface area contributed by atoms with Crippen LogP contribution in [0.1, 0.15) is 26.3 Å². The van der Waals surface area contributed by atoms with Gasteiger partial charge in [-0.15, -0.1) is 4.31 Å². The Morgan fingerprint density at radius 1 is 1.41 bits per heavy atom. The smallest absolute Gasteiger partial charge is 0.235 e. The molecule has 6 nitrogen and oxygen atoms in total. The van der Waals surface area contributed by atoms with E-state index in [4.69, 9.17) is 9.47 Å². The Balaban J connectivity index is 1.93. The lowest BCUT2D eigenvalue weighted by Crippen LogP contribution is -2.42. The van der Waals surface area contributed by atoms with Crippen LogP contribution < -0.4 is 4.74 Å². The van der Waals surface area contributed by atoms with Crippen LogP contribution in [0.2, 0.25) is 0 Å². The zero-order valence-corrected chi connectivity index (χ0v) is 16.4. The Hall–Kier alpha value is -1.87. The molecule has 0 aliphatic carbocycles. The van der Waals surface area contributed by atoms with Crippen LogP contribution in [0.5, 0.6) is 5.75 Å². The highest BCUT2D eigenvalue weighted by Crippen LogP contribution is 2.34. The second kappa shape index (κ2) is 7.63. The third-order valence-electron chi connectivity index (χ3n) is 4.02. The van der Waals surface area contributed by atoms with Crippen molar-refractivity contribution < 1.29 is 22.6 Å². The highest BCUT2D eigenvalue weighted by Gasteiger charge is 2.40. The average molecular weight is 394 g/mol. The van der Waals surface area contributed by atoms with Gasteiger partial charge in [0.15, 0.2) is 16.1 Å². The maximum Gasteiger partial charge on any atom is 0.235 e. The van der Waals surface area contributed by atoms with Crippen molar-refractivity contribution in [1.29, 1.82) is 0 Å². The Morgan fingerprint density at radius 3 is 2.89 bits per heavy atom. The van der Waals surface area contributed by atoms with Crippen molar-refractivity contribution >= 4 is 10.4 Å². The van der Waals surface area contributed by atoms with E-state index in [1.54, 1.807) is 12.1 Å². The first-order valence-electron chi connectivity index (χ1n) is 8.64. The second-order valence-electron chi connectivity index (χ2n) is 7.41. The van der Waals surface area contributed by atoms with Crippen molar-refractivity contribution in [3.63, 3.8) is 0 Å². The van der Waals surface area contributed by atoms with Crippen molar-refractivity contribution in [3.8, 4) is 5.75 Å². The molecule has 2 heterocycles. The minimum Gasteiger partial charge on any atom is -0.593 e. The van der Waals surface area contributed by atoms with Crippen molar-refractivity contribution in [3.05, 3.63) is 54.1 Å². The lowest BCUT2D eigenvalue weighted by Gasteiger charge is -2.28. The highest BCUT2D eigenvalue weighted by molar-refractivity contribution is 7.95. The molecule has 3 rings (SSSR count). The van der Waals surface area contributed by atoms with Crippen molar-refractivity contribution in [1.82, 2.24) is 9.29 Å². The molecule has 0 spiro atoms. The van der Waals surface area contributed by atoms with Gasteiger partial charge in [-0.2, -0.15) is 0 Å². The number of rotatable bonds is 4. The van der Waals surface area contributed by atoms with Gasteiger partial charge in [0.25, 0.3) is 0 Å². The average Bonchev–Trinajstić information content (AvgIpc) is 2.68. The molecule has 1 aliphatic rings. The summed E-state index contributed by atoms with van der Waals surface area (Å²) < 4.78 is 52.8. The van der Waals surface area contributed by atoms with Gasteiger partial charge in [0.1, 0.15) is 11.9 Å². The third-order valence-corrected chi connectivity index (χ3v) is 5.84. The van der Waals surface area contributed by atoms with E-state index in [-0.39, 0.29) is 35.9 Å². The number of nitrogens with zero attached hydrogens (tertiary/aromatic N) is 2. The summed E-state index contributed by atoms with van der Waals surface area (Å²) in [5, 5.41) is 0. The van der Waals surface area contributed by atoms with Gasteiger partial charge in [-0.1, -0.05) is 16.3 Å². The van der Waals surface area contributed by atoms with E-state index in [9.17, 15) is 13.2 Å². The fraction of sp³-hybridized carbons (Fsp3) is 0.421. The number of pyridine rings is 1. The first-order chi connectivity index (χ1) is 12.6. The largest absolute Gasteiger partial charge is 0.593 e. The van der Waals surface area contributed by atoms with Gasteiger partial charge in [0, 0.05) is 12.3 Å². The van der Waals surface area contributed by atoms with Crippen LogP contribution in [0.25, 0.3) is 0 Å². The molecule has 0 fully saturated rings. The first-order valence-corrected chi connectivity index (χ1v) is 10.1. The van der Waals surface area contributed by atoms with Crippen molar-refractivity contribution in [2.45, 2.75) is 43.9 Å². The summed E-state index contributed by atoms with van der Waals surface area (Å²) in [5.74, 6) is -0.167. The number of aromatic nitrogens is 1. The lowest BCUT2D eigenvalue weighted by molar-refractivity contribution is -0.0446. The predicted octanol–water partition coefficient (Wildman–Crippen LogP) is 3.20. The van der Waals surface area contributed by atoms with Gasteiger partial charge in [0.05, 0.1) is 31.5 Å². The predicted molar refractivity (Wildman–Crippen MR) is 98.3 cm³/mol. The summed E-state index contributed by atoms with van der Waals surface area (Å²) in [7, 11) is -3.85. The van der Waals surface area contributed by atoms with E-state index < -0.39 is 22.3 Å². The maximum absolute atomic E-state index is 13.5. The van der Waals surface area contributed by atoms with E-state index in [0.717, 1.165) is 0 Å². The molecule has 0 amide bonds. The van der Waals surface area contributed by atoms with E-state index in [2.05, 4.69) is 4.98 Å². The first kappa shape index (κ1) is 19.9. The Bertz CT molecular complexity index is 856. The molecule has 0 saturated carbocycles. The standard InChI is InChI=1S/C19H23FN2O4S/c1-19(2,3)25-13-16-12-22(11-14-5-4-6-15(20)9-14)27(23,24)18-10-21-8-7-17(18)26-16/h4-10,16H,11-13H2,1-3H3. The molecule has 0 radical (unpaired) electrons. The van der Waals surface area contributed by atoms with E-state index in [0.29, 0.717) is 5.56 Å². The van der Waals surface area contributed by atoms with E-state index >= 15 is 0 Å². The number of hydrogen-bond donors (Lipinski definition) is 0. The van der Waals surface area contributed by atoms with Gasteiger partial charge in [-0.05, 0) is 38.5 Å². The minimum atomic E-state index is -3.85. The maximum atomic E-state index is 13.5. The highest BCUT2D eigenvalue weighted by atomic mass is 32.3. The van der Waals surface area contributed by atoms with Gasteiger partial charge in [-0.3, -0.25) is 4.98 Å². The molecule has 0 N–H and O–H groups in total. The van der Waals surface area contributed by atoms with Gasteiger partial charge in [0.2, 0.25) is 4.90 Å². The number of sulfonamides is 1. The SMILES string of the molecule is CC(C)(C)OCC1CN(Cc2cccc(F)c2)[S+](=O)([O-])c2cnccc2O1. The molecule has 146 valence electrons. The van der Waals surface area contributed by atoms with Crippen LogP contribution in [-0.2, 0) is 25.9 Å². The quantitative estimate of drug-likeness (QED) is 0.745. The topological polar surface area (TPSA) is 74.7 Å². The summed E-state index contributed by atoms with van der Waals surface area (Å²) in [4.78, 5) is 3.92. The Morgan fingerprint density at radius 2 is 2.19 bits per heavy atom. The molecular weight excluding hydrogens is 371 g/mol. The summed E-state index contributed by atoms with van der Waals surface area (Å²) >= 11 is 0.